The van der Waals surface area contributed by atoms with Crippen molar-refractivity contribution in [3.8, 4) is 22.5 Å². The lowest BCUT2D eigenvalue weighted by Crippen LogP contribution is -2.61. The molecule has 0 unspecified atom stereocenters. The third-order valence-corrected chi connectivity index (χ3v) is 25.2. The molecule has 0 radical (unpaired) electrons. The Hall–Kier alpha value is -12.6. The predicted molar refractivity (Wildman–Crippen MR) is 482 cm³/mol. The van der Waals surface area contributed by atoms with Gasteiger partial charge < -0.3 is 23.4 Å². The maximum absolute atomic E-state index is 6.88. The summed E-state index contributed by atoms with van der Waals surface area (Å²) in [6.07, 6.45) is 0. The molecule has 0 amide bonds. The van der Waals surface area contributed by atoms with Crippen LogP contribution in [0.15, 0.2) is 302 Å². The van der Waals surface area contributed by atoms with Gasteiger partial charge in [0.05, 0.1) is 22.1 Å². The SMILES string of the molecule is CC(C)(C)c1ccc2c(c1)c1cc(C(C)(C)C)ccc1n2-c1ccc2c(c1)N(c1ccc3c4ccccc4c4ccccc4c3c1)c1cc(-c3ccc4c(c3)oc3ccccc34)cc3c1B2c1ccc(-n2c4ccc(C(C)(C)C)cc4c4cc(C(C)(C)C)ccc42)cc1N3c1ccc2c3ccccc3c3ccccc3c2c1. The molecule has 0 fully saturated rings. The summed E-state index contributed by atoms with van der Waals surface area (Å²) in [5.41, 5.74) is 26.2. The molecule has 2 aliphatic heterocycles. The van der Waals surface area contributed by atoms with Gasteiger partial charge in [-0.3, -0.25) is 0 Å². The van der Waals surface area contributed by atoms with Gasteiger partial charge in [0.1, 0.15) is 11.2 Å². The van der Waals surface area contributed by atoms with Crippen LogP contribution in [-0.2, 0) is 21.7 Å². The highest BCUT2D eigenvalue weighted by atomic mass is 16.3. The van der Waals surface area contributed by atoms with Gasteiger partial charge in [0.2, 0.25) is 0 Å². The predicted octanol–water partition coefficient (Wildman–Crippen LogP) is 27.6. The summed E-state index contributed by atoms with van der Waals surface area (Å²) in [6.45, 7) is 27.8. The van der Waals surface area contributed by atoms with E-state index in [9.17, 15) is 0 Å². The minimum absolute atomic E-state index is 0.0586. The number of fused-ring (bicyclic) bond motifs is 25. The van der Waals surface area contributed by atoms with E-state index in [1.54, 1.807) is 0 Å². The molecule has 112 heavy (non-hydrogen) atoms. The average molecular weight is 1440 g/mol. The van der Waals surface area contributed by atoms with E-state index in [0.29, 0.717) is 0 Å². The van der Waals surface area contributed by atoms with E-state index in [4.69, 9.17) is 4.42 Å². The maximum atomic E-state index is 6.88. The van der Waals surface area contributed by atoms with E-state index in [1.165, 1.54) is 147 Å². The molecule has 17 aromatic carbocycles. The van der Waals surface area contributed by atoms with E-state index in [0.717, 1.165) is 78.6 Å². The van der Waals surface area contributed by atoms with Crippen molar-refractivity contribution in [1.82, 2.24) is 9.13 Å². The zero-order chi connectivity index (χ0) is 75.9. The Morgan fingerprint density at radius 3 is 0.902 bits per heavy atom. The van der Waals surface area contributed by atoms with Gasteiger partial charge in [0.25, 0.3) is 6.71 Å². The number of anilines is 6. The number of para-hydroxylation sites is 1. The topological polar surface area (TPSA) is 29.5 Å². The summed E-state index contributed by atoms with van der Waals surface area (Å²) in [7, 11) is 0. The van der Waals surface area contributed by atoms with E-state index < -0.39 is 0 Å². The summed E-state index contributed by atoms with van der Waals surface area (Å²) < 4.78 is 12.0. The van der Waals surface area contributed by atoms with Crippen molar-refractivity contribution in [2.24, 2.45) is 0 Å². The van der Waals surface area contributed by atoms with Crippen molar-refractivity contribution in [3.63, 3.8) is 0 Å². The van der Waals surface area contributed by atoms with Gasteiger partial charge in [-0.05, 0) is 263 Å². The molecular weight excluding hydrogens is 1360 g/mol. The highest BCUT2D eigenvalue weighted by Crippen LogP contribution is 2.52. The number of rotatable bonds is 5. The van der Waals surface area contributed by atoms with Gasteiger partial charge in [-0.15, -0.1) is 0 Å². The molecule has 0 atom stereocenters. The number of benzene rings is 17. The van der Waals surface area contributed by atoms with Crippen molar-refractivity contribution in [1.29, 1.82) is 0 Å². The van der Waals surface area contributed by atoms with E-state index in [1.807, 2.05) is 0 Å². The van der Waals surface area contributed by atoms with Gasteiger partial charge in [-0.1, -0.05) is 253 Å². The number of furan rings is 1. The largest absolute Gasteiger partial charge is 0.456 e. The van der Waals surface area contributed by atoms with Crippen molar-refractivity contribution in [2.75, 3.05) is 9.80 Å². The molecule has 0 spiro atoms. The first-order valence-electron chi connectivity index (χ1n) is 39.9. The lowest BCUT2D eigenvalue weighted by Gasteiger charge is -2.45. The highest BCUT2D eigenvalue weighted by molar-refractivity contribution is 7.00. The number of hydrogen-bond donors (Lipinski definition) is 0. The van der Waals surface area contributed by atoms with Crippen molar-refractivity contribution in [3.05, 3.63) is 320 Å². The zero-order valence-corrected chi connectivity index (χ0v) is 65.6. The molecule has 20 aromatic rings. The van der Waals surface area contributed by atoms with Crippen LogP contribution in [0.1, 0.15) is 105 Å². The first-order valence-corrected chi connectivity index (χ1v) is 39.9. The fraction of sp³-hybridized carbons (Fsp3) is 0.151. The average Bonchev–Trinajstić information content (AvgIpc) is 0.755. The normalized spacial score (nSPS) is 13.5. The van der Waals surface area contributed by atoms with Crippen LogP contribution < -0.4 is 26.2 Å². The van der Waals surface area contributed by atoms with Crippen LogP contribution >= 0.6 is 0 Å². The van der Waals surface area contributed by atoms with Gasteiger partial charge >= 0.3 is 0 Å². The maximum Gasteiger partial charge on any atom is 0.252 e. The molecule has 0 N–H and O–H groups in total. The Kier molecular flexibility index (Phi) is 13.9. The lowest BCUT2D eigenvalue weighted by atomic mass is 9.33. The first-order chi connectivity index (χ1) is 54.1. The van der Waals surface area contributed by atoms with Crippen molar-refractivity contribution < 1.29 is 4.42 Å². The lowest BCUT2D eigenvalue weighted by molar-refractivity contribution is 0.590. The van der Waals surface area contributed by atoms with Crippen molar-refractivity contribution in [2.45, 2.75) is 105 Å². The fourth-order valence-electron chi connectivity index (χ4n) is 19.4. The van der Waals surface area contributed by atoms with Crippen LogP contribution in [-0.4, -0.2) is 15.8 Å². The fourth-order valence-corrected chi connectivity index (χ4v) is 19.4. The smallest absolute Gasteiger partial charge is 0.252 e. The Labute approximate surface area is 653 Å². The number of nitrogens with zero attached hydrogens (tertiary/aromatic N) is 4. The molecule has 0 aliphatic carbocycles. The second kappa shape index (κ2) is 23.5. The Bertz CT molecular complexity index is 6920. The number of aromatic nitrogens is 2. The second-order valence-corrected chi connectivity index (χ2v) is 36.1. The summed E-state index contributed by atoms with van der Waals surface area (Å²) >= 11 is 0. The van der Waals surface area contributed by atoms with E-state index in [2.05, 4.69) is 399 Å². The molecule has 5 heterocycles. The standard InChI is InChI=1S/C106H85BN4O/c1-103(2,3)64-34-47-92-86(54-64)87-55-65(104(4,5)6)35-48-93(87)108(92)70-40-45-90-96(60-70)110(68-38-43-80-76-27-15-13-23-72(76)74-25-17-19-29-78(74)84(80)58-68)98-51-63(62-33-42-83-82-31-21-22-32-100(82)112-101(83)53-62)52-99-102(98)107(90)91-46-41-71(109-94-49-36-66(105(7,8)9)56-88(94)89-57-67(106(10,11)12)37-50-95(89)109)61-97(91)111(99)69-39-44-81-77-28-16-14-24-73(77)75-26-18-20-30-79(75)85(81)59-69/h13-61H,1-12H3. The summed E-state index contributed by atoms with van der Waals surface area (Å²) in [5.74, 6) is 0. The monoisotopic (exact) mass is 1440 g/mol. The van der Waals surface area contributed by atoms with Crippen LogP contribution in [0.3, 0.4) is 0 Å². The summed E-state index contributed by atoms with van der Waals surface area (Å²) in [6, 6.07) is 115. The molecule has 3 aromatic heterocycles. The van der Waals surface area contributed by atoms with Crippen LogP contribution in [0.25, 0.3) is 153 Å². The van der Waals surface area contributed by atoms with Gasteiger partial charge in [0.15, 0.2) is 0 Å². The molecule has 0 saturated heterocycles. The molecule has 6 heteroatoms. The Balaban J connectivity index is 0.881. The summed E-state index contributed by atoms with van der Waals surface area (Å²) in [5, 5.41) is 22.1. The minimum atomic E-state index is -0.239. The molecule has 5 nitrogen and oxygen atoms in total. The zero-order valence-electron chi connectivity index (χ0n) is 65.6. The molecule has 22 rings (SSSR count). The minimum Gasteiger partial charge on any atom is -0.456 e. The van der Waals surface area contributed by atoms with E-state index in [-0.39, 0.29) is 28.4 Å². The third-order valence-electron chi connectivity index (χ3n) is 25.2. The van der Waals surface area contributed by atoms with Gasteiger partial charge in [0, 0.05) is 77.8 Å². The van der Waals surface area contributed by atoms with Crippen molar-refractivity contribution >= 4 is 187 Å². The highest BCUT2D eigenvalue weighted by Gasteiger charge is 2.45. The van der Waals surface area contributed by atoms with E-state index >= 15 is 0 Å². The van der Waals surface area contributed by atoms with Crippen LogP contribution in [0, 0.1) is 0 Å². The van der Waals surface area contributed by atoms with Crippen LogP contribution in [0.5, 0.6) is 0 Å². The number of hydrogen-bond acceptors (Lipinski definition) is 3. The molecule has 538 valence electrons. The van der Waals surface area contributed by atoms with Crippen LogP contribution in [0.2, 0.25) is 0 Å². The third kappa shape index (κ3) is 9.82. The molecule has 2 aliphatic rings. The first kappa shape index (κ1) is 66.4. The quantitative estimate of drug-likeness (QED) is 0.127. The van der Waals surface area contributed by atoms with Crippen LogP contribution in [0.4, 0.5) is 34.1 Å². The Morgan fingerprint density at radius 2 is 0.536 bits per heavy atom. The second-order valence-electron chi connectivity index (χ2n) is 36.1. The Morgan fingerprint density at radius 1 is 0.223 bits per heavy atom. The molecular formula is C106H85BN4O. The molecule has 0 saturated carbocycles. The summed E-state index contributed by atoms with van der Waals surface area (Å²) in [4.78, 5) is 5.30. The van der Waals surface area contributed by atoms with Gasteiger partial charge in [-0.25, -0.2) is 0 Å². The molecule has 0 bridgehead atoms. The van der Waals surface area contributed by atoms with Gasteiger partial charge in [-0.2, -0.15) is 0 Å².